The van der Waals surface area contributed by atoms with E-state index in [1.54, 1.807) is 24.3 Å². The molecule has 146 valence electrons. The quantitative estimate of drug-likeness (QED) is 0.767. The molecule has 0 aliphatic carbocycles. The summed E-state index contributed by atoms with van der Waals surface area (Å²) in [7, 11) is -3.05. The molecule has 1 N–H and O–H groups in total. The van der Waals surface area contributed by atoms with Gasteiger partial charge in [-0.1, -0.05) is 24.3 Å². The molecule has 4 rings (SSSR count). The van der Waals surface area contributed by atoms with E-state index in [2.05, 4.69) is 5.32 Å². The molecule has 2 aromatic rings. The Morgan fingerprint density at radius 2 is 1.71 bits per heavy atom. The van der Waals surface area contributed by atoms with Gasteiger partial charge in [-0.25, -0.2) is 8.42 Å². The van der Waals surface area contributed by atoms with E-state index in [1.165, 1.54) is 4.90 Å². The van der Waals surface area contributed by atoms with Crippen molar-refractivity contribution in [3.63, 3.8) is 0 Å². The van der Waals surface area contributed by atoms with Crippen LogP contribution in [-0.4, -0.2) is 55.1 Å². The standard InChI is InChI=1S/C20H20N2O5S/c23-17(21-14-9-11-28(26,27)12-14)8-3-10-22-19(24)15-6-1-4-13-5-2-7-16(18(13)15)20(22)25/h1-2,4-7,14H,3,8-12H2,(H,21,23)/t14-/m0/s1. The second-order valence-electron chi connectivity index (χ2n) is 7.24. The fraction of sp³-hybridized carbons (Fsp3) is 0.350. The second kappa shape index (κ2) is 7.01. The zero-order chi connectivity index (χ0) is 19.9. The SMILES string of the molecule is O=C(CCCN1C(=O)c2cccc3cccc(c23)C1=O)N[C@H]1CCS(=O)(=O)C1. The molecule has 0 aromatic heterocycles. The fourth-order valence-corrected chi connectivity index (χ4v) is 5.56. The number of hydrogen-bond donors (Lipinski definition) is 1. The van der Waals surface area contributed by atoms with Gasteiger partial charge in [-0.2, -0.15) is 0 Å². The highest BCUT2D eigenvalue weighted by Gasteiger charge is 2.32. The Balaban J connectivity index is 1.40. The Bertz CT molecular complexity index is 1040. The normalized spacial score (nSPS) is 20.6. The monoisotopic (exact) mass is 400 g/mol. The minimum Gasteiger partial charge on any atom is -0.352 e. The van der Waals surface area contributed by atoms with Crippen LogP contribution in [0.4, 0.5) is 0 Å². The number of amides is 3. The van der Waals surface area contributed by atoms with E-state index in [4.69, 9.17) is 0 Å². The summed E-state index contributed by atoms with van der Waals surface area (Å²) in [5.41, 5.74) is 0.988. The average molecular weight is 400 g/mol. The number of rotatable bonds is 5. The Kier molecular flexibility index (Phi) is 4.66. The summed E-state index contributed by atoms with van der Waals surface area (Å²) in [5, 5.41) is 4.25. The van der Waals surface area contributed by atoms with Crippen molar-refractivity contribution in [3.05, 3.63) is 47.5 Å². The maximum atomic E-state index is 12.8. The van der Waals surface area contributed by atoms with E-state index in [0.717, 1.165) is 5.39 Å². The average Bonchev–Trinajstić information content (AvgIpc) is 3.00. The van der Waals surface area contributed by atoms with Crippen LogP contribution in [0.25, 0.3) is 10.8 Å². The first-order chi connectivity index (χ1) is 13.4. The van der Waals surface area contributed by atoms with Crippen LogP contribution in [-0.2, 0) is 14.6 Å². The largest absolute Gasteiger partial charge is 0.352 e. The summed E-state index contributed by atoms with van der Waals surface area (Å²) < 4.78 is 22.9. The molecular weight excluding hydrogens is 380 g/mol. The number of carbonyl (C=O) groups excluding carboxylic acids is 3. The van der Waals surface area contributed by atoms with Crippen LogP contribution in [0, 0.1) is 0 Å². The third kappa shape index (κ3) is 3.40. The zero-order valence-corrected chi connectivity index (χ0v) is 16.0. The number of benzene rings is 2. The Morgan fingerprint density at radius 1 is 1.07 bits per heavy atom. The van der Waals surface area contributed by atoms with E-state index in [9.17, 15) is 22.8 Å². The number of nitrogens with zero attached hydrogens (tertiary/aromatic N) is 1. The van der Waals surface area contributed by atoms with Gasteiger partial charge in [0.25, 0.3) is 11.8 Å². The van der Waals surface area contributed by atoms with Crippen molar-refractivity contribution in [2.24, 2.45) is 0 Å². The van der Waals surface area contributed by atoms with Crippen molar-refractivity contribution in [1.82, 2.24) is 10.2 Å². The van der Waals surface area contributed by atoms with Gasteiger partial charge in [0.2, 0.25) is 5.91 Å². The van der Waals surface area contributed by atoms with Crippen molar-refractivity contribution in [3.8, 4) is 0 Å². The van der Waals surface area contributed by atoms with Crippen LogP contribution in [0.15, 0.2) is 36.4 Å². The molecule has 0 bridgehead atoms. The van der Waals surface area contributed by atoms with Crippen molar-refractivity contribution < 1.29 is 22.8 Å². The zero-order valence-electron chi connectivity index (χ0n) is 15.2. The first-order valence-electron chi connectivity index (χ1n) is 9.23. The van der Waals surface area contributed by atoms with Crippen LogP contribution in [0.5, 0.6) is 0 Å². The second-order valence-corrected chi connectivity index (χ2v) is 9.47. The van der Waals surface area contributed by atoms with Gasteiger partial charge in [-0.15, -0.1) is 0 Å². The molecule has 8 heteroatoms. The number of sulfone groups is 1. The third-order valence-electron chi connectivity index (χ3n) is 5.24. The lowest BCUT2D eigenvalue weighted by atomic mass is 9.94. The first kappa shape index (κ1) is 18.6. The summed E-state index contributed by atoms with van der Waals surface area (Å²) in [6, 6.07) is 10.4. The number of carbonyl (C=O) groups is 3. The number of nitrogens with one attached hydrogen (secondary N) is 1. The number of hydrogen-bond acceptors (Lipinski definition) is 5. The topological polar surface area (TPSA) is 101 Å². The smallest absolute Gasteiger partial charge is 0.261 e. The van der Waals surface area contributed by atoms with Crippen molar-refractivity contribution in [2.45, 2.75) is 25.3 Å². The molecule has 0 saturated carbocycles. The van der Waals surface area contributed by atoms with E-state index >= 15 is 0 Å². The number of imide groups is 1. The highest BCUT2D eigenvalue weighted by molar-refractivity contribution is 7.91. The lowest BCUT2D eigenvalue weighted by Crippen LogP contribution is -2.41. The first-order valence-corrected chi connectivity index (χ1v) is 11.1. The van der Waals surface area contributed by atoms with Crippen LogP contribution >= 0.6 is 0 Å². The molecule has 1 atom stereocenters. The highest BCUT2D eigenvalue weighted by Crippen LogP contribution is 2.30. The molecular formula is C20H20N2O5S. The van der Waals surface area contributed by atoms with Gasteiger partial charge in [-0.3, -0.25) is 19.3 Å². The van der Waals surface area contributed by atoms with Crippen LogP contribution in [0.1, 0.15) is 40.0 Å². The van der Waals surface area contributed by atoms with E-state index in [1.807, 2.05) is 12.1 Å². The van der Waals surface area contributed by atoms with Crippen molar-refractivity contribution in [2.75, 3.05) is 18.1 Å². The maximum absolute atomic E-state index is 12.8. The molecule has 1 saturated heterocycles. The summed E-state index contributed by atoms with van der Waals surface area (Å²) in [5.74, 6) is -0.892. The van der Waals surface area contributed by atoms with E-state index < -0.39 is 9.84 Å². The minimum absolute atomic E-state index is 0.0252. The molecule has 0 radical (unpaired) electrons. The minimum atomic E-state index is -3.05. The van der Waals surface area contributed by atoms with Gasteiger partial charge in [-0.05, 0) is 30.4 Å². The molecule has 3 amide bonds. The van der Waals surface area contributed by atoms with Gasteiger partial charge in [0.05, 0.1) is 11.5 Å². The summed E-state index contributed by atoms with van der Waals surface area (Å²) in [6.45, 7) is 0.138. The molecule has 2 aliphatic heterocycles. The molecule has 28 heavy (non-hydrogen) atoms. The Labute approximate surface area is 162 Å². The van der Waals surface area contributed by atoms with Crippen LogP contribution < -0.4 is 5.32 Å². The summed E-state index contributed by atoms with van der Waals surface area (Å²) in [4.78, 5) is 38.8. The fourth-order valence-electron chi connectivity index (χ4n) is 3.89. The Morgan fingerprint density at radius 3 is 2.29 bits per heavy atom. The van der Waals surface area contributed by atoms with Gasteiger partial charge >= 0.3 is 0 Å². The van der Waals surface area contributed by atoms with E-state index in [-0.39, 0.29) is 48.2 Å². The highest BCUT2D eigenvalue weighted by atomic mass is 32.2. The van der Waals surface area contributed by atoms with Gasteiger partial charge in [0.1, 0.15) is 0 Å². The Hall–Kier alpha value is -2.74. The molecule has 2 heterocycles. The lowest BCUT2D eigenvalue weighted by Gasteiger charge is -2.27. The maximum Gasteiger partial charge on any atom is 0.261 e. The van der Waals surface area contributed by atoms with Gasteiger partial charge < -0.3 is 5.32 Å². The van der Waals surface area contributed by atoms with Crippen molar-refractivity contribution in [1.29, 1.82) is 0 Å². The summed E-state index contributed by atoms with van der Waals surface area (Å²) >= 11 is 0. The molecule has 2 aliphatic rings. The predicted octanol–water partition coefficient (Wildman–Crippen LogP) is 1.52. The molecule has 0 spiro atoms. The molecule has 2 aromatic carbocycles. The molecule has 0 unspecified atom stereocenters. The van der Waals surface area contributed by atoms with Crippen LogP contribution in [0.3, 0.4) is 0 Å². The van der Waals surface area contributed by atoms with Gasteiger partial charge in [0, 0.05) is 35.5 Å². The molecule has 1 fully saturated rings. The van der Waals surface area contributed by atoms with Gasteiger partial charge in [0.15, 0.2) is 9.84 Å². The lowest BCUT2D eigenvalue weighted by molar-refractivity contribution is -0.121. The predicted molar refractivity (Wildman–Crippen MR) is 104 cm³/mol. The van der Waals surface area contributed by atoms with E-state index in [0.29, 0.717) is 29.4 Å². The van der Waals surface area contributed by atoms with Crippen molar-refractivity contribution >= 4 is 38.3 Å². The molecule has 7 nitrogen and oxygen atoms in total. The third-order valence-corrected chi connectivity index (χ3v) is 7.01. The van der Waals surface area contributed by atoms with Crippen LogP contribution in [0.2, 0.25) is 0 Å². The summed E-state index contributed by atoms with van der Waals surface area (Å²) in [6.07, 6.45) is 0.873.